The van der Waals surface area contributed by atoms with Crippen LogP contribution in [0.1, 0.15) is 11.1 Å². The highest BCUT2D eigenvalue weighted by Gasteiger charge is 2.16. The molecule has 1 aromatic heterocycles. The lowest BCUT2D eigenvalue weighted by molar-refractivity contribution is 0.306. The van der Waals surface area contributed by atoms with Gasteiger partial charge in [0.1, 0.15) is 24.0 Å². The quantitative estimate of drug-likeness (QED) is 0.336. The molecular formula is C25H19N3O2S. The summed E-state index contributed by atoms with van der Waals surface area (Å²) < 4.78 is 5.88. The Morgan fingerprint density at radius 2 is 1.65 bits per heavy atom. The van der Waals surface area contributed by atoms with Crippen molar-refractivity contribution in [3.8, 4) is 34.2 Å². The van der Waals surface area contributed by atoms with E-state index in [1.54, 1.807) is 0 Å². The van der Waals surface area contributed by atoms with Gasteiger partial charge in [0.05, 0.1) is 5.69 Å². The van der Waals surface area contributed by atoms with Crippen molar-refractivity contribution in [1.82, 2.24) is 9.97 Å². The number of ether oxygens (including phenoxy) is 1. The van der Waals surface area contributed by atoms with Crippen LogP contribution in [0, 0.1) is 11.3 Å². The molecule has 4 aromatic rings. The van der Waals surface area contributed by atoms with Crippen LogP contribution < -0.4 is 10.3 Å². The molecule has 0 amide bonds. The SMILES string of the molecule is CSc1nc(-c2ccccc2-c2ccc(OCc3ccccc3)cc2)c(C#N)c(=O)[nH]1. The molecule has 0 spiro atoms. The molecule has 4 rings (SSSR count). The highest BCUT2D eigenvalue weighted by atomic mass is 32.2. The van der Waals surface area contributed by atoms with Crippen LogP contribution >= 0.6 is 11.8 Å². The number of nitrogens with zero attached hydrogens (tertiary/aromatic N) is 2. The van der Waals surface area contributed by atoms with E-state index < -0.39 is 5.56 Å². The molecule has 0 saturated carbocycles. The molecule has 152 valence electrons. The highest BCUT2D eigenvalue weighted by Crippen LogP contribution is 2.33. The summed E-state index contributed by atoms with van der Waals surface area (Å²) in [4.78, 5) is 19.5. The summed E-state index contributed by atoms with van der Waals surface area (Å²) in [6.45, 7) is 0.497. The van der Waals surface area contributed by atoms with Crippen LogP contribution in [0.15, 0.2) is 88.8 Å². The van der Waals surface area contributed by atoms with Crippen molar-refractivity contribution in [3.05, 3.63) is 100 Å². The third kappa shape index (κ3) is 4.52. The van der Waals surface area contributed by atoms with Gasteiger partial charge in [-0.05, 0) is 35.1 Å². The van der Waals surface area contributed by atoms with Gasteiger partial charge in [0.15, 0.2) is 5.16 Å². The van der Waals surface area contributed by atoms with E-state index in [1.165, 1.54) is 11.8 Å². The second-order valence-electron chi connectivity index (χ2n) is 6.75. The summed E-state index contributed by atoms with van der Waals surface area (Å²) in [5, 5.41) is 10.0. The molecule has 1 heterocycles. The molecule has 0 aliphatic heterocycles. The topological polar surface area (TPSA) is 78.8 Å². The second kappa shape index (κ2) is 9.33. The number of benzene rings is 3. The van der Waals surface area contributed by atoms with E-state index in [-0.39, 0.29) is 5.56 Å². The van der Waals surface area contributed by atoms with Gasteiger partial charge in [-0.2, -0.15) is 5.26 Å². The van der Waals surface area contributed by atoms with Gasteiger partial charge >= 0.3 is 0 Å². The average Bonchev–Trinajstić information content (AvgIpc) is 2.83. The van der Waals surface area contributed by atoms with Gasteiger partial charge in [0.25, 0.3) is 5.56 Å². The lowest BCUT2D eigenvalue weighted by Gasteiger charge is -2.12. The van der Waals surface area contributed by atoms with Crippen LogP contribution in [0.25, 0.3) is 22.4 Å². The second-order valence-corrected chi connectivity index (χ2v) is 7.55. The highest BCUT2D eigenvalue weighted by molar-refractivity contribution is 7.98. The summed E-state index contributed by atoms with van der Waals surface area (Å²) >= 11 is 1.33. The first-order chi connectivity index (χ1) is 15.2. The first kappa shape index (κ1) is 20.5. The smallest absolute Gasteiger partial charge is 0.270 e. The summed E-state index contributed by atoms with van der Waals surface area (Å²) in [5.41, 5.74) is 3.63. The van der Waals surface area contributed by atoms with Gasteiger partial charge in [-0.3, -0.25) is 4.79 Å². The molecule has 0 atom stereocenters. The molecule has 0 radical (unpaired) electrons. The van der Waals surface area contributed by atoms with E-state index in [0.29, 0.717) is 17.5 Å². The molecule has 6 heteroatoms. The van der Waals surface area contributed by atoms with Crippen LogP contribution in [-0.2, 0) is 6.61 Å². The fourth-order valence-electron chi connectivity index (χ4n) is 3.26. The van der Waals surface area contributed by atoms with E-state index in [1.807, 2.05) is 91.2 Å². The average molecular weight is 426 g/mol. The Bertz CT molecular complexity index is 1290. The van der Waals surface area contributed by atoms with Crippen LogP contribution in [-0.4, -0.2) is 16.2 Å². The fourth-order valence-corrected chi connectivity index (χ4v) is 3.64. The first-order valence-electron chi connectivity index (χ1n) is 9.64. The number of aromatic amines is 1. The first-order valence-corrected chi connectivity index (χ1v) is 10.9. The minimum Gasteiger partial charge on any atom is -0.489 e. The molecule has 5 nitrogen and oxygen atoms in total. The Balaban J connectivity index is 1.68. The van der Waals surface area contributed by atoms with Crippen molar-refractivity contribution in [2.24, 2.45) is 0 Å². The number of nitrogens with one attached hydrogen (secondary N) is 1. The maximum atomic E-state index is 12.4. The monoisotopic (exact) mass is 425 g/mol. The zero-order valence-corrected chi connectivity index (χ0v) is 17.6. The maximum absolute atomic E-state index is 12.4. The molecule has 0 bridgehead atoms. The zero-order valence-electron chi connectivity index (χ0n) is 16.8. The molecule has 0 aliphatic carbocycles. The van der Waals surface area contributed by atoms with E-state index in [0.717, 1.165) is 28.0 Å². The molecule has 31 heavy (non-hydrogen) atoms. The number of hydrogen-bond donors (Lipinski definition) is 1. The van der Waals surface area contributed by atoms with Crippen LogP contribution in [0.4, 0.5) is 0 Å². The normalized spacial score (nSPS) is 10.5. The lowest BCUT2D eigenvalue weighted by Crippen LogP contribution is -2.14. The zero-order chi connectivity index (χ0) is 21.6. The van der Waals surface area contributed by atoms with Crippen molar-refractivity contribution in [2.45, 2.75) is 11.8 Å². The van der Waals surface area contributed by atoms with E-state index in [4.69, 9.17) is 4.74 Å². The standard InChI is InChI=1S/C25H19N3O2S/c1-31-25-27-23(22(15-26)24(29)28-25)21-10-6-5-9-20(21)18-11-13-19(14-12-18)30-16-17-7-3-2-4-8-17/h2-14H,16H2,1H3,(H,27,28,29). The van der Waals surface area contributed by atoms with Crippen molar-refractivity contribution in [1.29, 1.82) is 5.26 Å². The van der Waals surface area contributed by atoms with Gasteiger partial charge in [-0.25, -0.2) is 4.98 Å². The van der Waals surface area contributed by atoms with Gasteiger partial charge in [0.2, 0.25) is 0 Å². The summed E-state index contributed by atoms with van der Waals surface area (Å²) in [6.07, 6.45) is 1.83. The molecule has 0 fully saturated rings. The van der Waals surface area contributed by atoms with Gasteiger partial charge in [-0.15, -0.1) is 0 Å². The Hall–Kier alpha value is -3.82. The van der Waals surface area contributed by atoms with Crippen LogP contribution in [0.5, 0.6) is 5.75 Å². The van der Waals surface area contributed by atoms with Crippen molar-refractivity contribution >= 4 is 11.8 Å². The maximum Gasteiger partial charge on any atom is 0.270 e. The number of hydrogen-bond acceptors (Lipinski definition) is 5. The third-order valence-corrected chi connectivity index (χ3v) is 5.38. The minimum atomic E-state index is -0.434. The Kier molecular flexibility index (Phi) is 6.16. The number of aromatic nitrogens is 2. The van der Waals surface area contributed by atoms with E-state index >= 15 is 0 Å². The largest absolute Gasteiger partial charge is 0.489 e. The fraction of sp³-hybridized carbons (Fsp3) is 0.0800. The molecule has 0 saturated heterocycles. The molecule has 3 aromatic carbocycles. The summed E-state index contributed by atoms with van der Waals surface area (Å²) in [5.74, 6) is 0.766. The number of H-pyrrole nitrogens is 1. The molecule has 0 unspecified atom stereocenters. The van der Waals surface area contributed by atoms with Crippen molar-refractivity contribution < 1.29 is 4.74 Å². The third-order valence-electron chi connectivity index (χ3n) is 4.80. The Labute approximate surface area is 184 Å². The molecule has 0 aliphatic rings. The van der Waals surface area contributed by atoms with Crippen LogP contribution in [0.3, 0.4) is 0 Å². The van der Waals surface area contributed by atoms with E-state index in [2.05, 4.69) is 9.97 Å². The van der Waals surface area contributed by atoms with E-state index in [9.17, 15) is 10.1 Å². The summed E-state index contributed by atoms with van der Waals surface area (Å²) in [7, 11) is 0. The van der Waals surface area contributed by atoms with Gasteiger partial charge < -0.3 is 9.72 Å². The number of rotatable bonds is 6. The van der Waals surface area contributed by atoms with Crippen molar-refractivity contribution in [3.63, 3.8) is 0 Å². The summed E-state index contributed by atoms with van der Waals surface area (Å²) in [6, 6.07) is 27.4. The Morgan fingerprint density at radius 1 is 0.968 bits per heavy atom. The molecule has 1 N–H and O–H groups in total. The lowest BCUT2D eigenvalue weighted by atomic mass is 9.96. The van der Waals surface area contributed by atoms with Crippen molar-refractivity contribution in [2.75, 3.05) is 6.26 Å². The number of nitriles is 1. The van der Waals surface area contributed by atoms with Gasteiger partial charge in [-0.1, -0.05) is 78.5 Å². The van der Waals surface area contributed by atoms with Crippen LogP contribution in [0.2, 0.25) is 0 Å². The Morgan fingerprint density at radius 3 is 2.32 bits per heavy atom. The predicted octanol–water partition coefficient (Wildman–Crippen LogP) is 5.28. The molecular weight excluding hydrogens is 406 g/mol. The predicted molar refractivity (Wildman–Crippen MR) is 123 cm³/mol. The minimum absolute atomic E-state index is 0.00747. The van der Waals surface area contributed by atoms with Gasteiger partial charge in [0, 0.05) is 5.56 Å². The number of thioether (sulfide) groups is 1.